The van der Waals surface area contributed by atoms with Gasteiger partial charge in [0, 0.05) is 25.5 Å². The Kier molecular flexibility index (Phi) is 3.03. The summed E-state index contributed by atoms with van der Waals surface area (Å²) in [5, 5.41) is 0. The summed E-state index contributed by atoms with van der Waals surface area (Å²) in [6.07, 6.45) is 9.74. The molecule has 1 unspecified atom stereocenters. The van der Waals surface area contributed by atoms with E-state index in [-0.39, 0.29) is 0 Å². The van der Waals surface area contributed by atoms with Crippen LogP contribution in [0.2, 0.25) is 0 Å². The Labute approximate surface area is 79.5 Å². The number of aryl methyl sites for hydroxylation is 1. The molecule has 72 valence electrons. The van der Waals surface area contributed by atoms with Gasteiger partial charge >= 0.3 is 0 Å². The van der Waals surface area contributed by atoms with Gasteiger partial charge in [0.25, 0.3) is 0 Å². The minimum absolute atomic E-state index is 0.510. The van der Waals surface area contributed by atoms with Crippen LogP contribution in [-0.2, 0) is 11.3 Å². The van der Waals surface area contributed by atoms with Gasteiger partial charge in [0.1, 0.15) is 0 Å². The van der Waals surface area contributed by atoms with Crippen molar-refractivity contribution in [2.45, 2.75) is 38.3 Å². The van der Waals surface area contributed by atoms with E-state index in [9.17, 15) is 0 Å². The van der Waals surface area contributed by atoms with Crippen LogP contribution in [0.3, 0.4) is 0 Å². The molecule has 1 aliphatic rings. The van der Waals surface area contributed by atoms with Crippen LogP contribution < -0.4 is 0 Å². The van der Waals surface area contributed by atoms with Crippen LogP contribution in [-0.4, -0.2) is 17.3 Å². The number of hydrogen-bond donors (Lipinski definition) is 0. The highest BCUT2D eigenvalue weighted by molar-refractivity contribution is 4.90. The van der Waals surface area contributed by atoms with E-state index < -0.39 is 0 Å². The summed E-state index contributed by atoms with van der Waals surface area (Å²) in [6.45, 7) is 2.06. The predicted octanol–water partition coefficient (Wildman–Crippen LogP) is 2.45. The molecule has 0 N–H and O–H groups in total. The predicted molar refractivity (Wildman–Crippen MR) is 52.6 cm³/mol. The molecule has 0 bridgehead atoms. The zero-order valence-corrected chi connectivity index (χ0v) is 7.98. The second kappa shape index (κ2) is 4.47. The second-order valence-electron chi connectivity index (χ2n) is 3.70. The van der Waals surface area contributed by atoms with Crippen molar-refractivity contribution >= 4 is 0 Å². The van der Waals surface area contributed by atoms with Crippen molar-refractivity contribution in [3.8, 4) is 0 Å². The molecule has 1 aromatic heterocycles. The maximum atomic E-state index is 5.66. The van der Waals surface area contributed by atoms with E-state index in [4.69, 9.17) is 4.74 Å². The van der Waals surface area contributed by atoms with Crippen molar-refractivity contribution < 1.29 is 4.74 Å². The van der Waals surface area contributed by atoms with Crippen LogP contribution in [0.4, 0.5) is 0 Å². The third-order valence-corrected chi connectivity index (χ3v) is 2.65. The van der Waals surface area contributed by atoms with Crippen molar-refractivity contribution in [2.75, 3.05) is 6.61 Å². The van der Waals surface area contributed by atoms with Crippen molar-refractivity contribution in [1.29, 1.82) is 0 Å². The molecular formula is C11H17NO. The molecule has 2 heteroatoms. The third-order valence-electron chi connectivity index (χ3n) is 2.65. The third kappa shape index (κ3) is 2.59. The standard InChI is InChI=1S/C11H17NO/c1-4-10-13-11(5-1)6-9-12-7-2-3-8-12/h2-3,7-8,11H,1,4-6,9-10H2. The van der Waals surface area contributed by atoms with E-state index in [2.05, 4.69) is 29.1 Å². The molecule has 1 fully saturated rings. The highest BCUT2D eigenvalue weighted by atomic mass is 16.5. The summed E-state index contributed by atoms with van der Waals surface area (Å²) in [7, 11) is 0. The summed E-state index contributed by atoms with van der Waals surface area (Å²) >= 11 is 0. The van der Waals surface area contributed by atoms with Gasteiger partial charge in [-0.1, -0.05) is 0 Å². The van der Waals surface area contributed by atoms with Gasteiger partial charge in [0.15, 0.2) is 0 Å². The molecule has 0 spiro atoms. The number of aromatic nitrogens is 1. The van der Waals surface area contributed by atoms with Crippen LogP contribution in [0, 0.1) is 0 Å². The molecule has 2 heterocycles. The average molecular weight is 179 g/mol. The van der Waals surface area contributed by atoms with E-state index in [1.165, 1.54) is 19.3 Å². The molecule has 2 rings (SSSR count). The Morgan fingerprint density at radius 2 is 2.08 bits per heavy atom. The number of ether oxygens (including phenoxy) is 1. The van der Waals surface area contributed by atoms with E-state index in [1.54, 1.807) is 0 Å². The van der Waals surface area contributed by atoms with Crippen LogP contribution in [0.15, 0.2) is 24.5 Å². The zero-order valence-electron chi connectivity index (χ0n) is 7.98. The number of nitrogens with zero attached hydrogens (tertiary/aromatic N) is 1. The van der Waals surface area contributed by atoms with Gasteiger partial charge in [-0.25, -0.2) is 0 Å². The highest BCUT2D eigenvalue weighted by Gasteiger charge is 2.12. The van der Waals surface area contributed by atoms with Gasteiger partial charge in [0.2, 0.25) is 0 Å². The molecule has 1 saturated heterocycles. The maximum Gasteiger partial charge on any atom is 0.0592 e. The number of hydrogen-bond acceptors (Lipinski definition) is 1. The lowest BCUT2D eigenvalue weighted by Gasteiger charge is -2.22. The summed E-state index contributed by atoms with van der Waals surface area (Å²) in [4.78, 5) is 0. The fourth-order valence-electron chi connectivity index (χ4n) is 1.85. The molecule has 0 aromatic carbocycles. The normalized spacial score (nSPS) is 23.2. The fourth-order valence-corrected chi connectivity index (χ4v) is 1.85. The number of rotatable bonds is 3. The molecule has 0 saturated carbocycles. The largest absolute Gasteiger partial charge is 0.378 e. The van der Waals surface area contributed by atoms with Crippen LogP contribution in [0.1, 0.15) is 25.7 Å². The Bertz CT molecular complexity index is 224. The molecule has 13 heavy (non-hydrogen) atoms. The lowest BCUT2D eigenvalue weighted by molar-refractivity contribution is 0.00882. The summed E-state index contributed by atoms with van der Waals surface area (Å²) < 4.78 is 7.88. The molecule has 2 nitrogen and oxygen atoms in total. The zero-order chi connectivity index (χ0) is 8.93. The molecule has 1 aromatic rings. The highest BCUT2D eigenvalue weighted by Crippen LogP contribution is 2.16. The van der Waals surface area contributed by atoms with Crippen molar-refractivity contribution in [3.63, 3.8) is 0 Å². The van der Waals surface area contributed by atoms with E-state index in [0.717, 1.165) is 19.6 Å². The first-order valence-electron chi connectivity index (χ1n) is 5.17. The van der Waals surface area contributed by atoms with Gasteiger partial charge in [-0.05, 0) is 37.8 Å². The first-order chi connectivity index (χ1) is 6.45. The van der Waals surface area contributed by atoms with Gasteiger partial charge in [-0.15, -0.1) is 0 Å². The quantitative estimate of drug-likeness (QED) is 0.695. The molecule has 1 aliphatic heterocycles. The Hall–Kier alpha value is -0.760. The summed E-state index contributed by atoms with van der Waals surface area (Å²) in [6, 6.07) is 4.14. The first kappa shape index (κ1) is 8.82. The molecule has 0 amide bonds. The molecule has 1 atom stereocenters. The minimum atomic E-state index is 0.510. The van der Waals surface area contributed by atoms with Gasteiger partial charge in [0.05, 0.1) is 6.10 Å². The Morgan fingerprint density at radius 1 is 1.23 bits per heavy atom. The Balaban J connectivity index is 1.72. The minimum Gasteiger partial charge on any atom is -0.378 e. The summed E-state index contributed by atoms with van der Waals surface area (Å²) in [5.41, 5.74) is 0. The van der Waals surface area contributed by atoms with E-state index in [0.29, 0.717) is 6.10 Å². The van der Waals surface area contributed by atoms with Gasteiger partial charge in [-0.3, -0.25) is 0 Å². The fraction of sp³-hybridized carbons (Fsp3) is 0.636. The van der Waals surface area contributed by atoms with Crippen molar-refractivity contribution in [1.82, 2.24) is 4.57 Å². The molecule has 0 radical (unpaired) electrons. The van der Waals surface area contributed by atoms with Crippen molar-refractivity contribution in [3.05, 3.63) is 24.5 Å². The van der Waals surface area contributed by atoms with E-state index in [1.807, 2.05) is 0 Å². The van der Waals surface area contributed by atoms with Crippen LogP contribution in [0.5, 0.6) is 0 Å². The second-order valence-corrected chi connectivity index (χ2v) is 3.70. The molecular weight excluding hydrogens is 162 g/mol. The monoisotopic (exact) mass is 179 g/mol. The molecule has 0 aliphatic carbocycles. The van der Waals surface area contributed by atoms with Crippen LogP contribution in [0.25, 0.3) is 0 Å². The lowest BCUT2D eigenvalue weighted by Crippen LogP contribution is -2.20. The Morgan fingerprint density at radius 3 is 2.77 bits per heavy atom. The topological polar surface area (TPSA) is 14.2 Å². The summed E-state index contributed by atoms with van der Waals surface area (Å²) in [5.74, 6) is 0. The van der Waals surface area contributed by atoms with Gasteiger partial charge < -0.3 is 9.30 Å². The SMILES string of the molecule is c1ccn(CCC2CCCCO2)c1. The van der Waals surface area contributed by atoms with Crippen molar-refractivity contribution in [2.24, 2.45) is 0 Å². The first-order valence-corrected chi connectivity index (χ1v) is 5.17. The maximum absolute atomic E-state index is 5.66. The lowest BCUT2D eigenvalue weighted by atomic mass is 10.1. The van der Waals surface area contributed by atoms with Crippen LogP contribution >= 0.6 is 0 Å². The van der Waals surface area contributed by atoms with E-state index >= 15 is 0 Å². The average Bonchev–Trinajstić information content (AvgIpc) is 2.69. The van der Waals surface area contributed by atoms with Gasteiger partial charge in [-0.2, -0.15) is 0 Å². The smallest absolute Gasteiger partial charge is 0.0592 e.